The molecular formula is C23H17F3N6O. The first-order valence-corrected chi connectivity index (χ1v) is 10.2. The van der Waals surface area contributed by atoms with Crippen LogP contribution >= 0.6 is 0 Å². The van der Waals surface area contributed by atoms with Gasteiger partial charge in [0.15, 0.2) is 5.82 Å². The Morgan fingerprint density at radius 2 is 1.85 bits per heavy atom. The number of benzene rings is 1. The van der Waals surface area contributed by atoms with Crippen LogP contribution in [0.1, 0.15) is 35.1 Å². The Kier molecular flexibility index (Phi) is 5.12. The number of aromatic nitrogens is 5. The molecule has 0 radical (unpaired) electrons. The summed E-state index contributed by atoms with van der Waals surface area (Å²) >= 11 is 0. The van der Waals surface area contributed by atoms with Crippen LogP contribution < -0.4 is 5.32 Å². The summed E-state index contributed by atoms with van der Waals surface area (Å²) in [5.41, 5.74) is 0.286. The van der Waals surface area contributed by atoms with Crippen molar-refractivity contribution in [1.82, 2.24) is 24.7 Å². The molecule has 5 rings (SSSR count). The molecule has 1 aromatic carbocycles. The third-order valence-corrected chi connectivity index (χ3v) is 5.24. The molecule has 0 saturated heterocycles. The smallest absolute Gasteiger partial charge is 0.321 e. The average molecular weight is 450 g/mol. The van der Waals surface area contributed by atoms with Crippen LogP contribution in [0.25, 0.3) is 22.5 Å². The fourth-order valence-corrected chi connectivity index (χ4v) is 3.49. The normalized spacial score (nSPS) is 13.7. The maximum atomic E-state index is 13.4. The molecule has 1 amide bonds. The van der Waals surface area contributed by atoms with E-state index in [1.54, 1.807) is 36.7 Å². The molecule has 0 aliphatic heterocycles. The van der Waals surface area contributed by atoms with Gasteiger partial charge in [-0.05, 0) is 48.7 Å². The van der Waals surface area contributed by atoms with E-state index in [2.05, 4.69) is 25.5 Å². The van der Waals surface area contributed by atoms with Crippen molar-refractivity contribution < 1.29 is 18.0 Å². The number of anilines is 1. The minimum Gasteiger partial charge on any atom is -0.321 e. The van der Waals surface area contributed by atoms with E-state index in [9.17, 15) is 18.0 Å². The van der Waals surface area contributed by atoms with Crippen molar-refractivity contribution >= 4 is 11.6 Å². The van der Waals surface area contributed by atoms with E-state index < -0.39 is 17.8 Å². The summed E-state index contributed by atoms with van der Waals surface area (Å²) in [6.45, 7) is 0. The van der Waals surface area contributed by atoms with Crippen molar-refractivity contribution in [2.24, 2.45) is 0 Å². The zero-order valence-corrected chi connectivity index (χ0v) is 17.1. The molecule has 3 heterocycles. The van der Waals surface area contributed by atoms with E-state index in [-0.39, 0.29) is 11.3 Å². The first kappa shape index (κ1) is 20.8. The van der Waals surface area contributed by atoms with Crippen LogP contribution in [0.5, 0.6) is 0 Å². The van der Waals surface area contributed by atoms with Gasteiger partial charge in [-0.1, -0.05) is 18.2 Å². The van der Waals surface area contributed by atoms with Gasteiger partial charge in [-0.25, -0.2) is 4.98 Å². The maximum Gasteiger partial charge on any atom is 0.433 e. The standard InChI is InChI=1S/C23H17F3N6O/c24-23(25,26)20-11-16(15-4-2-8-27-12-15)10-19(30-20)22(33)29-17-5-1-3-14(9-17)21-31-28-13-32(21)18-6-7-18/h1-5,8-13,18H,6-7H2,(H,29,33). The third-order valence-electron chi connectivity index (χ3n) is 5.24. The van der Waals surface area contributed by atoms with E-state index in [0.717, 1.165) is 24.5 Å². The molecule has 166 valence electrons. The Balaban J connectivity index is 1.46. The Bertz CT molecular complexity index is 1320. The van der Waals surface area contributed by atoms with Gasteiger partial charge in [0, 0.05) is 35.2 Å². The Morgan fingerprint density at radius 1 is 1.03 bits per heavy atom. The number of carbonyl (C=O) groups is 1. The molecule has 33 heavy (non-hydrogen) atoms. The molecule has 1 fully saturated rings. The summed E-state index contributed by atoms with van der Waals surface area (Å²) in [6, 6.07) is 12.7. The molecule has 1 aliphatic carbocycles. The lowest BCUT2D eigenvalue weighted by Crippen LogP contribution is -2.17. The molecular weight excluding hydrogens is 433 g/mol. The first-order chi connectivity index (χ1) is 15.9. The number of carbonyl (C=O) groups excluding carboxylic acids is 1. The quantitative estimate of drug-likeness (QED) is 0.462. The van der Waals surface area contributed by atoms with Gasteiger partial charge >= 0.3 is 6.18 Å². The van der Waals surface area contributed by atoms with Gasteiger partial charge in [-0.3, -0.25) is 9.78 Å². The highest BCUT2D eigenvalue weighted by atomic mass is 19.4. The molecule has 1 aliphatic rings. The molecule has 0 unspecified atom stereocenters. The molecule has 1 N–H and O–H groups in total. The number of amides is 1. The SMILES string of the molecule is O=C(Nc1cccc(-c2nncn2C2CC2)c1)c1cc(-c2cccnc2)cc(C(F)(F)F)n1. The van der Waals surface area contributed by atoms with Crippen molar-refractivity contribution in [3.8, 4) is 22.5 Å². The zero-order valence-electron chi connectivity index (χ0n) is 17.1. The van der Waals surface area contributed by atoms with Crippen LogP contribution in [0.2, 0.25) is 0 Å². The summed E-state index contributed by atoms with van der Waals surface area (Å²) in [4.78, 5) is 20.4. The Hall–Kier alpha value is -4.08. The van der Waals surface area contributed by atoms with Crippen molar-refractivity contribution in [3.63, 3.8) is 0 Å². The summed E-state index contributed by atoms with van der Waals surface area (Å²) in [7, 11) is 0. The molecule has 7 nitrogen and oxygen atoms in total. The molecule has 0 atom stereocenters. The maximum absolute atomic E-state index is 13.4. The van der Waals surface area contributed by atoms with Crippen LogP contribution in [0, 0.1) is 0 Å². The first-order valence-electron chi connectivity index (χ1n) is 10.2. The Labute approximate surface area is 186 Å². The number of pyridine rings is 2. The molecule has 0 spiro atoms. The molecule has 3 aromatic heterocycles. The number of nitrogens with zero attached hydrogens (tertiary/aromatic N) is 5. The summed E-state index contributed by atoms with van der Waals surface area (Å²) in [5.74, 6) is -0.0864. The van der Waals surface area contributed by atoms with Crippen molar-refractivity contribution in [2.45, 2.75) is 25.1 Å². The minimum atomic E-state index is -4.71. The molecule has 0 bridgehead atoms. The van der Waals surface area contributed by atoms with E-state index >= 15 is 0 Å². The topological polar surface area (TPSA) is 85.6 Å². The van der Waals surface area contributed by atoms with Gasteiger partial charge in [0.05, 0.1) is 0 Å². The highest BCUT2D eigenvalue weighted by Gasteiger charge is 2.34. The lowest BCUT2D eigenvalue weighted by molar-refractivity contribution is -0.141. The van der Waals surface area contributed by atoms with Crippen LogP contribution in [-0.4, -0.2) is 30.6 Å². The number of halogens is 3. The summed E-state index contributed by atoms with van der Waals surface area (Å²) in [6.07, 6.45) is 2.02. The van der Waals surface area contributed by atoms with Gasteiger partial charge in [-0.15, -0.1) is 10.2 Å². The van der Waals surface area contributed by atoms with Crippen molar-refractivity contribution in [3.05, 3.63) is 78.6 Å². The number of alkyl halides is 3. The average Bonchev–Trinajstić information content (AvgIpc) is 3.55. The summed E-state index contributed by atoms with van der Waals surface area (Å²) in [5, 5.41) is 10.8. The monoisotopic (exact) mass is 450 g/mol. The van der Waals surface area contributed by atoms with Gasteiger partial charge < -0.3 is 9.88 Å². The predicted molar refractivity (Wildman–Crippen MR) is 114 cm³/mol. The van der Waals surface area contributed by atoms with E-state index in [1.807, 2.05) is 10.6 Å². The zero-order chi connectivity index (χ0) is 23.0. The highest BCUT2D eigenvalue weighted by molar-refractivity contribution is 6.03. The molecule has 4 aromatic rings. The van der Waals surface area contributed by atoms with Crippen molar-refractivity contribution in [1.29, 1.82) is 0 Å². The van der Waals surface area contributed by atoms with E-state index in [0.29, 0.717) is 23.1 Å². The lowest BCUT2D eigenvalue weighted by Gasteiger charge is -2.12. The van der Waals surface area contributed by atoms with E-state index in [1.165, 1.54) is 18.5 Å². The Morgan fingerprint density at radius 3 is 2.58 bits per heavy atom. The second-order valence-electron chi connectivity index (χ2n) is 7.69. The van der Waals surface area contributed by atoms with E-state index in [4.69, 9.17) is 0 Å². The van der Waals surface area contributed by atoms with Crippen LogP contribution in [0.15, 0.2) is 67.3 Å². The number of rotatable bonds is 5. The highest BCUT2D eigenvalue weighted by Crippen LogP contribution is 2.38. The van der Waals surface area contributed by atoms with Crippen LogP contribution in [0.4, 0.5) is 18.9 Å². The van der Waals surface area contributed by atoms with Crippen LogP contribution in [0.3, 0.4) is 0 Å². The fraction of sp³-hybridized carbons (Fsp3) is 0.174. The molecule has 1 saturated carbocycles. The minimum absolute atomic E-state index is 0.196. The third kappa shape index (κ3) is 4.45. The number of hydrogen-bond donors (Lipinski definition) is 1. The number of nitrogens with one attached hydrogen (secondary N) is 1. The summed E-state index contributed by atoms with van der Waals surface area (Å²) < 4.78 is 42.3. The lowest BCUT2D eigenvalue weighted by atomic mass is 10.1. The fourth-order valence-electron chi connectivity index (χ4n) is 3.49. The van der Waals surface area contributed by atoms with Gasteiger partial charge in [0.1, 0.15) is 17.7 Å². The predicted octanol–water partition coefficient (Wildman–Crippen LogP) is 5.01. The van der Waals surface area contributed by atoms with Gasteiger partial charge in [-0.2, -0.15) is 13.2 Å². The second kappa shape index (κ2) is 8.12. The van der Waals surface area contributed by atoms with Crippen LogP contribution in [-0.2, 0) is 6.18 Å². The second-order valence-corrected chi connectivity index (χ2v) is 7.69. The van der Waals surface area contributed by atoms with Gasteiger partial charge in [0.25, 0.3) is 5.91 Å². The van der Waals surface area contributed by atoms with Gasteiger partial charge in [0.2, 0.25) is 0 Å². The largest absolute Gasteiger partial charge is 0.433 e. The van der Waals surface area contributed by atoms with Crippen molar-refractivity contribution in [2.75, 3.05) is 5.32 Å². The number of hydrogen-bond acceptors (Lipinski definition) is 5. The molecule has 10 heteroatoms.